The van der Waals surface area contributed by atoms with Crippen molar-refractivity contribution in [3.63, 3.8) is 0 Å². The van der Waals surface area contributed by atoms with Gasteiger partial charge in [0.05, 0.1) is 9.86 Å². The minimum atomic E-state index is -0.426. The molecule has 0 saturated heterocycles. The summed E-state index contributed by atoms with van der Waals surface area (Å²) in [6.45, 7) is 0. The fraction of sp³-hybridized carbons (Fsp3) is 0. The maximum atomic E-state index is 11.8. The van der Waals surface area contributed by atoms with Crippen molar-refractivity contribution in [2.45, 2.75) is 0 Å². The van der Waals surface area contributed by atoms with Crippen molar-refractivity contribution in [1.82, 2.24) is 0 Å². The first-order valence-corrected chi connectivity index (χ1v) is 5.67. The molecule has 0 unspecified atom stereocenters. The summed E-state index contributed by atoms with van der Waals surface area (Å²) < 4.78 is 5.76. The summed E-state index contributed by atoms with van der Waals surface area (Å²) in [5, 5.41) is 18.5. The van der Waals surface area contributed by atoms with E-state index in [1.54, 1.807) is 6.07 Å². The van der Waals surface area contributed by atoms with Crippen LogP contribution >= 0.6 is 31.9 Å². The molecule has 0 spiro atoms. The Morgan fingerprint density at radius 2 is 2.12 bits per heavy atom. The first kappa shape index (κ1) is 11.2. The number of benzene rings is 1. The molecule has 16 heavy (non-hydrogen) atoms. The molecule has 0 radical (unpaired) electrons. The van der Waals surface area contributed by atoms with Crippen LogP contribution < -0.4 is 5.43 Å². The van der Waals surface area contributed by atoms with Crippen molar-refractivity contribution >= 4 is 42.8 Å². The van der Waals surface area contributed by atoms with Crippen LogP contribution in [-0.2, 0) is 0 Å². The number of phenols is 1. The normalized spacial score (nSPS) is 10.3. The number of hydrogen-bond donors (Lipinski definition) is 1. The van der Waals surface area contributed by atoms with Crippen LogP contribution in [0.1, 0.15) is 5.56 Å². The molecule has 2 rings (SSSR count). The molecule has 2 aromatic rings. The topological polar surface area (TPSA) is 74.2 Å². The van der Waals surface area contributed by atoms with Gasteiger partial charge in [0.2, 0.25) is 5.43 Å². The maximum absolute atomic E-state index is 11.8. The predicted molar refractivity (Wildman–Crippen MR) is 64.3 cm³/mol. The van der Waals surface area contributed by atoms with Gasteiger partial charge in [0.15, 0.2) is 5.58 Å². The quantitative estimate of drug-likeness (QED) is 0.797. The Morgan fingerprint density at radius 3 is 2.75 bits per heavy atom. The second-order valence-electron chi connectivity index (χ2n) is 2.99. The summed E-state index contributed by atoms with van der Waals surface area (Å²) in [7, 11) is 0. The fourth-order valence-electron chi connectivity index (χ4n) is 1.27. The summed E-state index contributed by atoms with van der Waals surface area (Å²) >= 11 is 6.22. The van der Waals surface area contributed by atoms with E-state index in [9.17, 15) is 9.90 Å². The maximum Gasteiger partial charge on any atom is 0.210 e. The zero-order chi connectivity index (χ0) is 11.9. The Hall–Kier alpha value is -1.32. The molecule has 4 nitrogen and oxygen atoms in total. The van der Waals surface area contributed by atoms with Gasteiger partial charge in [0.1, 0.15) is 28.1 Å². The lowest BCUT2D eigenvalue weighted by molar-refractivity contribution is 0.467. The van der Waals surface area contributed by atoms with Gasteiger partial charge in [-0.3, -0.25) is 4.79 Å². The number of halogens is 2. The molecule has 1 aromatic heterocycles. The van der Waals surface area contributed by atoms with Gasteiger partial charge in [-0.05, 0) is 37.9 Å². The summed E-state index contributed by atoms with van der Waals surface area (Å²) in [6.07, 6.45) is 1.07. The van der Waals surface area contributed by atoms with Crippen molar-refractivity contribution in [2.75, 3.05) is 0 Å². The van der Waals surface area contributed by atoms with Crippen LogP contribution in [0.5, 0.6) is 5.75 Å². The molecule has 0 atom stereocenters. The minimum absolute atomic E-state index is 0.0552. The molecule has 1 aromatic carbocycles. The van der Waals surface area contributed by atoms with Crippen molar-refractivity contribution in [3.8, 4) is 11.8 Å². The van der Waals surface area contributed by atoms with Gasteiger partial charge in [0, 0.05) is 0 Å². The van der Waals surface area contributed by atoms with E-state index in [0.717, 1.165) is 6.26 Å². The third-order valence-electron chi connectivity index (χ3n) is 2.05. The van der Waals surface area contributed by atoms with E-state index >= 15 is 0 Å². The highest BCUT2D eigenvalue weighted by atomic mass is 79.9. The molecule has 1 heterocycles. The van der Waals surface area contributed by atoms with E-state index < -0.39 is 5.43 Å². The van der Waals surface area contributed by atoms with Crippen molar-refractivity contribution in [1.29, 1.82) is 5.26 Å². The molecule has 0 aliphatic rings. The van der Waals surface area contributed by atoms with E-state index in [2.05, 4.69) is 31.9 Å². The highest BCUT2D eigenvalue weighted by Crippen LogP contribution is 2.37. The van der Waals surface area contributed by atoms with Gasteiger partial charge in [-0.15, -0.1) is 0 Å². The number of nitrogens with zero attached hydrogens (tertiary/aromatic N) is 1. The van der Waals surface area contributed by atoms with Gasteiger partial charge >= 0.3 is 0 Å². The lowest BCUT2D eigenvalue weighted by atomic mass is 10.2. The van der Waals surface area contributed by atoms with E-state index in [0.29, 0.717) is 4.47 Å². The number of phenolic OH excluding ortho intramolecular Hbond substituents is 1. The first-order valence-electron chi connectivity index (χ1n) is 4.09. The second-order valence-corrected chi connectivity index (χ2v) is 4.64. The summed E-state index contributed by atoms with van der Waals surface area (Å²) in [5.74, 6) is -0.0552. The average Bonchev–Trinajstić information content (AvgIpc) is 2.28. The van der Waals surface area contributed by atoms with Gasteiger partial charge in [0.25, 0.3) is 0 Å². The van der Waals surface area contributed by atoms with Crippen LogP contribution in [0.4, 0.5) is 0 Å². The van der Waals surface area contributed by atoms with E-state index in [-0.39, 0.29) is 26.8 Å². The number of aromatic hydroxyl groups is 1. The molecule has 0 amide bonds. The highest BCUT2D eigenvalue weighted by Gasteiger charge is 2.15. The SMILES string of the molecule is N#Cc1coc2c(Br)c(O)c(Br)cc2c1=O. The Bertz CT molecular complexity index is 685. The lowest BCUT2D eigenvalue weighted by Gasteiger charge is -2.04. The molecular weight excluding hydrogens is 342 g/mol. The number of nitriles is 1. The minimum Gasteiger partial charge on any atom is -0.505 e. The highest BCUT2D eigenvalue weighted by molar-refractivity contribution is 9.11. The van der Waals surface area contributed by atoms with Gasteiger partial charge < -0.3 is 9.52 Å². The molecule has 0 aliphatic carbocycles. The van der Waals surface area contributed by atoms with Gasteiger partial charge in [-0.25, -0.2) is 0 Å². The fourth-order valence-corrected chi connectivity index (χ4v) is 2.48. The zero-order valence-corrected chi connectivity index (χ0v) is 10.8. The molecule has 6 heteroatoms. The van der Waals surface area contributed by atoms with Crippen molar-refractivity contribution in [2.24, 2.45) is 0 Å². The largest absolute Gasteiger partial charge is 0.505 e. The molecule has 0 fully saturated rings. The molecule has 0 bridgehead atoms. The zero-order valence-electron chi connectivity index (χ0n) is 7.62. The monoisotopic (exact) mass is 343 g/mol. The first-order chi connectivity index (χ1) is 7.56. The van der Waals surface area contributed by atoms with Crippen LogP contribution in [0.3, 0.4) is 0 Å². The van der Waals surface area contributed by atoms with Gasteiger partial charge in [-0.2, -0.15) is 5.26 Å². The van der Waals surface area contributed by atoms with Crippen molar-refractivity contribution < 1.29 is 9.52 Å². The molecular formula is C10H3Br2NO3. The Labute approximate surface area is 106 Å². The predicted octanol–water partition coefficient (Wildman–Crippen LogP) is 2.90. The third-order valence-corrected chi connectivity index (χ3v) is 3.39. The number of rotatable bonds is 0. The molecule has 80 valence electrons. The Morgan fingerprint density at radius 1 is 1.44 bits per heavy atom. The standard InChI is InChI=1S/C10H3Br2NO3/c11-6-1-5-8(14)4(2-13)3-16-10(5)7(12)9(6)15/h1,3,15H. The smallest absolute Gasteiger partial charge is 0.210 e. The van der Waals surface area contributed by atoms with E-state index in [1.807, 2.05) is 0 Å². The van der Waals surface area contributed by atoms with Crippen LogP contribution in [-0.4, -0.2) is 5.11 Å². The van der Waals surface area contributed by atoms with Crippen LogP contribution in [0, 0.1) is 11.3 Å². The van der Waals surface area contributed by atoms with Crippen LogP contribution in [0.2, 0.25) is 0 Å². The number of hydrogen-bond acceptors (Lipinski definition) is 4. The van der Waals surface area contributed by atoms with Crippen LogP contribution in [0.25, 0.3) is 11.0 Å². The van der Waals surface area contributed by atoms with E-state index in [4.69, 9.17) is 9.68 Å². The third kappa shape index (κ3) is 1.52. The molecule has 0 aliphatic heterocycles. The number of fused-ring (bicyclic) bond motifs is 1. The van der Waals surface area contributed by atoms with Crippen LogP contribution in [0.15, 0.2) is 30.5 Å². The summed E-state index contributed by atoms with van der Waals surface area (Å²) in [4.78, 5) is 11.8. The summed E-state index contributed by atoms with van der Waals surface area (Å²) in [6, 6.07) is 3.16. The lowest BCUT2D eigenvalue weighted by Crippen LogP contribution is -2.05. The molecule has 1 N–H and O–H groups in total. The van der Waals surface area contributed by atoms with Gasteiger partial charge in [-0.1, -0.05) is 0 Å². The molecule has 0 saturated carbocycles. The second kappa shape index (κ2) is 3.92. The summed E-state index contributed by atoms with van der Waals surface area (Å²) in [5.41, 5.74) is -0.285. The Balaban J connectivity index is 3.04. The van der Waals surface area contributed by atoms with Crippen molar-refractivity contribution in [3.05, 3.63) is 37.1 Å². The van der Waals surface area contributed by atoms with E-state index in [1.165, 1.54) is 6.07 Å². The Kier molecular flexibility index (Phi) is 2.74. The average molecular weight is 345 g/mol.